The van der Waals surface area contributed by atoms with Crippen molar-refractivity contribution in [1.29, 1.82) is 0 Å². The quantitative estimate of drug-likeness (QED) is 0.158. The monoisotopic (exact) mass is 812 g/mol. The summed E-state index contributed by atoms with van der Waals surface area (Å²) in [7, 11) is 0. The van der Waals surface area contributed by atoms with E-state index in [1.165, 1.54) is 82.4 Å². The number of hydrogen-bond donors (Lipinski definition) is 0. The molecule has 8 rings (SSSR count). The second-order valence-electron chi connectivity index (χ2n) is 20.8. The number of fused-ring (bicyclic) bond motifs is 2. The molecule has 314 valence electrons. The lowest BCUT2D eigenvalue weighted by Gasteiger charge is -2.34. The summed E-state index contributed by atoms with van der Waals surface area (Å²) >= 11 is 0. The average molecular weight is 812 g/mol. The molecule has 0 aromatic heterocycles. The molecule has 0 spiro atoms. The molecule has 5 aromatic carbocycles. The van der Waals surface area contributed by atoms with Crippen LogP contribution in [0.1, 0.15) is 97.4 Å². The van der Waals surface area contributed by atoms with E-state index in [-0.39, 0.29) is 16.2 Å². The second kappa shape index (κ2) is 16.7. The molecule has 0 radical (unpaired) electrons. The van der Waals surface area contributed by atoms with Crippen molar-refractivity contribution in [3.8, 4) is 11.1 Å². The molecule has 5 aromatic rings. The molecule has 0 fully saturated rings. The first-order valence-electron chi connectivity index (χ1n) is 22.7. The van der Waals surface area contributed by atoms with E-state index in [0.29, 0.717) is 11.8 Å². The number of rotatable bonds is 7. The van der Waals surface area contributed by atoms with Gasteiger partial charge in [0.1, 0.15) is 0 Å². The van der Waals surface area contributed by atoms with Crippen molar-refractivity contribution in [2.24, 2.45) is 22.7 Å². The van der Waals surface area contributed by atoms with E-state index in [9.17, 15) is 0 Å². The van der Waals surface area contributed by atoms with Crippen molar-refractivity contribution in [3.63, 3.8) is 0 Å². The summed E-state index contributed by atoms with van der Waals surface area (Å²) in [5, 5.41) is 5.00. The van der Waals surface area contributed by atoms with Gasteiger partial charge in [-0.25, -0.2) is 0 Å². The van der Waals surface area contributed by atoms with Crippen LogP contribution >= 0.6 is 0 Å². The lowest BCUT2D eigenvalue weighted by Crippen LogP contribution is -2.35. The van der Waals surface area contributed by atoms with E-state index in [4.69, 9.17) is 0 Å². The van der Waals surface area contributed by atoms with Gasteiger partial charge in [-0.05, 0) is 144 Å². The summed E-state index contributed by atoms with van der Waals surface area (Å²) in [5.74, 6) is 0.830. The standard InChI is InChI=1S/C61H65N/c1-12-43-38-52(61(9,10)11)39-48-25-23-44-22-24-46(40-56(44)57(43)48)49-35-41(2)34-42(37-49)36-47-20-16-17-21-55(47)58(45-18-14-13-15-19-45)62(53-30-26-50(27-31-53)59(3,4)5)54-32-28-51(29-33-54)60(6,7)8/h12-24,26-28,30-40,48,51H,1,25,29H2,2-11H3/b47-36+,58-55+. The van der Waals surface area contributed by atoms with E-state index < -0.39 is 0 Å². The van der Waals surface area contributed by atoms with Gasteiger partial charge in [-0.3, -0.25) is 0 Å². The fourth-order valence-corrected chi connectivity index (χ4v) is 9.40. The van der Waals surface area contributed by atoms with Crippen molar-refractivity contribution in [2.45, 2.75) is 87.5 Å². The number of anilines is 1. The predicted molar refractivity (Wildman–Crippen MR) is 268 cm³/mol. The van der Waals surface area contributed by atoms with Crippen LogP contribution in [0.5, 0.6) is 0 Å². The van der Waals surface area contributed by atoms with Gasteiger partial charge >= 0.3 is 0 Å². The smallest absolute Gasteiger partial charge is 0.0612 e. The zero-order chi connectivity index (χ0) is 44.0. The molecule has 1 nitrogen and oxygen atoms in total. The van der Waals surface area contributed by atoms with Crippen LogP contribution in [0.4, 0.5) is 5.69 Å². The lowest BCUT2D eigenvalue weighted by atomic mass is 9.73. The van der Waals surface area contributed by atoms with Crippen LogP contribution in [0.25, 0.3) is 34.5 Å². The van der Waals surface area contributed by atoms with Crippen molar-refractivity contribution in [2.75, 3.05) is 4.90 Å². The van der Waals surface area contributed by atoms with Gasteiger partial charge in [0, 0.05) is 22.5 Å². The normalized spacial score (nSPS) is 18.5. The zero-order valence-corrected chi connectivity index (χ0v) is 38.8. The van der Waals surface area contributed by atoms with Gasteiger partial charge in [-0.2, -0.15) is 0 Å². The van der Waals surface area contributed by atoms with Crippen molar-refractivity contribution < 1.29 is 0 Å². The minimum Gasteiger partial charge on any atom is -0.310 e. The Morgan fingerprint density at radius 2 is 1.44 bits per heavy atom. The summed E-state index contributed by atoms with van der Waals surface area (Å²) in [6, 6.07) is 43.2. The Balaban J connectivity index is 1.31. The summed E-state index contributed by atoms with van der Waals surface area (Å²) in [5.41, 5.74) is 15.3. The molecule has 0 aliphatic heterocycles. The van der Waals surface area contributed by atoms with Crippen molar-refractivity contribution in [1.82, 2.24) is 0 Å². The maximum Gasteiger partial charge on any atom is 0.0612 e. The third kappa shape index (κ3) is 8.87. The minimum absolute atomic E-state index is 0.0568. The number of aryl methyl sites for hydroxylation is 1. The highest BCUT2D eigenvalue weighted by Gasteiger charge is 2.28. The molecule has 0 saturated heterocycles. The third-order valence-corrected chi connectivity index (χ3v) is 13.1. The van der Waals surface area contributed by atoms with Crippen LogP contribution < -0.4 is 25.8 Å². The third-order valence-electron chi connectivity index (χ3n) is 13.1. The van der Waals surface area contributed by atoms with Crippen LogP contribution in [0.15, 0.2) is 175 Å². The summed E-state index contributed by atoms with van der Waals surface area (Å²) in [6.07, 6.45) is 21.0. The van der Waals surface area contributed by atoms with Gasteiger partial charge in [0.2, 0.25) is 0 Å². The maximum absolute atomic E-state index is 4.28. The molecule has 0 amide bonds. The molecule has 62 heavy (non-hydrogen) atoms. The summed E-state index contributed by atoms with van der Waals surface area (Å²) in [6.45, 7) is 27.3. The molecular formula is C61H65N. The molecule has 0 saturated carbocycles. The largest absolute Gasteiger partial charge is 0.310 e. The second-order valence-corrected chi connectivity index (χ2v) is 20.8. The van der Waals surface area contributed by atoms with Crippen LogP contribution in [0.3, 0.4) is 0 Å². The first-order chi connectivity index (χ1) is 29.5. The molecule has 0 N–H and O–H groups in total. The van der Waals surface area contributed by atoms with Crippen LogP contribution in [-0.4, -0.2) is 0 Å². The Hall–Kier alpha value is -5.92. The van der Waals surface area contributed by atoms with Gasteiger partial charge in [0.05, 0.1) is 5.70 Å². The Bertz CT molecular complexity index is 2910. The molecule has 1 heteroatoms. The Labute approximate surface area is 372 Å². The Kier molecular flexibility index (Phi) is 11.5. The number of benzene rings is 5. The van der Waals surface area contributed by atoms with Crippen molar-refractivity contribution >= 4 is 29.1 Å². The number of allylic oxidation sites excluding steroid dienone is 8. The lowest BCUT2D eigenvalue weighted by molar-refractivity contribution is 0.293. The average Bonchev–Trinajstić information content (AvgIpc) is 3.24. The Morgan fingerprint density at radius 1 is 0.710 bits per heavy atom. The first kappa shape index (κ1) is 42.8. The molecule has 0 heterocycles. The van der Waals surface area contributed by atoms with Crippen LogP contribution in [-0.2, 0) is 5.41 Å². The summed E-state index contributed by atoms with van der Waals surface area (Å²) < 4.78 is 0. The van der Waals surface area contributed by atoms with E-state index in [2.05, 4.69) is 245 Å². The first-order valence-corrected chi connectivity index (χ1v) is 22.7. The SMILES string of the molecule is C=CC1=CC(C(C)(C)C)=CC2CC=c3ccc(-c4cc(C)cc(/C=c5\cccc\c5=C(\c5ccccc5)N(C5=CCC(C(C)(C)C)C=C5)c5ccc(C(C)(C)C)cc5)c4)cc3=C12. The molecule has 0 bridgehead atoms. The highest BCUT2D eigenvalue weighted by atomic mass is 15.2. The number of hydrogen-bond acceptors (Lipinski definition) is 1. The number of nitrogens with zero attached hydrogens (tertiary/aromatic N) is 1. The van der Waals surface area contributed by atoms with Gasteiger partial charge in [-0.1, -0.05) is 196 Å². The Morgan fingerprint density at radius 3 is 2.10 bits per heavy atom. The van der Waals surface area contributed by atoms with Gasteiger partial charge in [-0.15, -0.1) is 0 Å². The fourth-order valence-electron chi connectivity index (χ4n) is 9.40. The molecular weight excluding hydrogens is 747 g/mol. The van der Waals surface area contributed by atoms with Gasteiger partial charge in [0.15, 0.2) is 0 Å². The van der Waals surface area contributed by atoms with Crippen molar-refractivity contribution in [3.05, 3.63) is 218 Å². The highest BCUT2D eigenvalue weighted by molar-refractivity contribution is 5.84. The van der Waals surface area contributed by atoms with Crippen LogP contribution in [0, 0.1) is 29.6 Å². The van der Waals surface area contributed by atoms with E-state index in [1.54, 1.807) is 0 Å². The zero-order valence-electron chi connectivity index (χ0n) is 38.8. The molecule has 2 atom stereocenters. The van der Waals surface area contributed by atoms with E-state index in [1.807, 2.05) is 0 Å². The fraction of sp³-hybridized carbons (Fsp3) is 0.279. The summed E-state index contributed by atoms with van der Waals surface area (Å²) in [4.78, 5) is 2.50. The van der Waals surface area contributed by atoms with Gasteiger partial charge in [0.25, 0.3) is 0 Å². The van der Waals surface area contributed by atoms with E-state index >= 15 is 0 Å². The maximum atomic E-state index is 4.28. The highest BCUT2D eigenvalue weighted by Crippen LogP contribution is 2.40. The molecule has 3 aliphatic carbocycles. The molecule has 3 aliphatic rings. The van der Waals surface area contributed by atoms with E-state index in [0.717, 1.165) is 18.5 Å². The van der Waals surface area contributed by atoms with Crippen LogP contribution in [0.2, 0.25) is 0 Å². The van der Waals surface area contributed by atoms with Gasteiger partial charge < -0.3 is 4.90 Å². The predicted octanol–water partition coefficient (Wildman–Crippen LogP) is 13.0. The molecule has 2 unspecified atom stereocenters. The topological polar surface area (TPSA) is 3.24 Å². The minimum atomic E-state index is 0.0568.